The Labute approximate surface area is 125 Å². The normalized spacial score (nSPS) is 22.3. The smallest absolute Gasteiger partial charge is 0.183 e. The van der Waals surface area contributed by atoms with Crippen LogP contribution in [-0.4, -0.2) is 60.8 Å². The van der Waals surface area contributed by atoms with E-state index in [-0.39, 0.29) is 6.10 Å². The zero-order valence-electron chi connectivity index (χ0n) is 12.4. The zero-order valence-corrected chi connectivity index (χ0v) is 12.4. The number of hydrogen-bond acceptors (Lipinski definition) is 6. The first-order valence-corrected chi connectivity index (χ1v) is 7.52. The molecule has 21 heavy (non-hydrogen) atoms. The van der Waals surface area contributed by atoms with Crippen LogP contribution in [0.15, 0.2) is 12.4 Å². The number of nitrogens with zero attached hydrogens (tertiary/aromatic N) is 5. The summed E-state index contributed by atoms with van der Waals surface area (Å²) in [7, 11) is 2.16. The minimum Gasteiger partial charge on any atom is -0.373 e. The number of rotatable bonds is 5. The van der Waals surface area contributed by atoms with Crippen LogP contribution in [0.1, 0.15) is 18.5 Å². The number of likely N-dealkylation sites (N-methyl/N-ethyl adjacent to an activating group) is 1. The third-order valence-corrected chi connectivity index (χ3v) is 4.01. The van der Waals surface area contributed by atoms with Crippen molar-refractivity contribution in [3.63, 3.8) is 0 Å². The van der Waals surface area contributed by atoms with Crippen molar-refractivity contribution >= 4 is 5.82 Å². The van der Waals surface area contributed by atoms with E-state index in [4.69, 9.17) is 10.00 Å². The third kappa shape index (κ3) is 3.69. The second-order valence-electron chi connectivity index (χ2n) is 5.94. The second-order valence-corrected chi connectivity index (χ2v) is 5.94. The van der Waals surface area contributed by atoms with Crippen molar-refractivity contribution in [1.82, 2.24) is 14.9 Å². The highest BCUT2D eigenvalue weighted by molar-refractivity contribution is 5.49. The fraction of sp³-hybridized carbons (Fsp3) is 0.667. The zero-order chi connectivity index (χ0) is 14.7. The standard InChI is InChI=1S/C15H21N5O/c1-19(9-12-2-3-12)10-13-11-20(6-7-21-13)15-14(8-16)17-4-5-18-15/h4-5,12-13H,2-3,6-7,9-11H2,1H3. The highest BCUT2D eigenvalue weighted by Crippen LogP contribution is 2.29. The van der Waals surface area contributed by atoms with Crippen LogP contribution in [0.2, 0.25) is 0 Å². The summed E-state index contributed by atoms with van der Waals surface area (Å²) in [4.78, 5) is 12.9. The van der Waals surface area contributed by atoms with Gasteiger partial charge in [0.15, 0.2) is 11.5 Å². The molecule has 6 heteroatoms. The van der Waals surface area contributed by atoms with Gasteiger partial charge in [-0.2, -0.15) is 5.26 Å². The Bertz CT molecular complexity index is 525. The average Bonchev–Trinajstić information content (AvgIpc) is 3.31. The molecule has 1 aliphatic heterocycles. The molecule has 1 aromatic rings. The van der Waals surface area contributed by atoms with Crippen molar-refractivity contribution in [2.45, 2.75) is 18.9 Å². The van der Waals surface area contributed by atoms with Crippen molar-refractivity contribution < 1.29 is 4.74 Å². The van der Waals surface area contributed by atoms with Gasteiger partial charge in [0.05, 0.1) is 12.7 Å². The molecule has 0 amide bonds. The molecule has 1 aromatic heterocycles. The van der Waals surface area contributed by atoms with E-state index in [1.165, 1.54) is 12.8 Å². The van der Waals surface area contributed by atoms with E-state index in [2.05, 4.69) is 32.9 Å². The molecule has 2 fully saturated rings. The fourth-order valence-electron chi connectivity index (χ4n) is 2.83. The summed E-state index contributed by atoms with van der Waals surface area (Å²) >= 11 is 0. The van der Waals surface area contributed by atoms with Crippen LogP contribution in [-0.2, 0) is 4.74 Å². The van der Waals surface area contributed by atoms with Gasteiger partial charge < -0.3 is 14.5 Å². The van der Waals surface area contributed by atoms with E-state index in [0.29, 0.717) is 18.1 Å². The number of nitriles is 1. The van der Waals surface area contributed by atoms with Crippen molar-refractivity contribution in [2.24, 2.45) is 5.92 Å². The van der Waals surface area contributed by atoms with Crippen molar-refractivity contribution in [2.75, 3.05) is 44.7 Å². The second kappa shape index (κ2) is 6.37. The molecular formula is C15H21N5O. The van der Waals surface area contributed by atoms with Crippen LogP contribution in [0, 0.1) is 17.2 Å². The van der Waals surface area contributed by atoms with Gasteiger partial charge in [0.1, 0.15) is 6.07 Å². The lowest BCUT2D eigenvalue weighted by atomic mass is 10.2. The lowest BCUT2D eigenvalue weighted by Crippen LogP contribution is -2.47. The fourth-order valence-corrected chi connectivity index (χ4v) is 2.83. The Kier molecular flexibility index (Phi) is 4.32. The maximum absolute atomic E-state index is 9.15. The van der Waals surface area contributed by atoms with Gasteiger partial charge in [-0.15, -0.1) is 0 Å². The molecule has 3 rings (SSSR count). The maximum atomic E-state index is 9.15. The molecule has 1 unspecified atom stereocenters. The predicted octanol–water partition coefficient (Wildman–Crippen LogP) is 0.895. The monoisotopic (exact) mass is 287 g/mol. The van der Waals surface area contributed by atoms with Crippen LogP contribution in [0.5, 0.6) is 0 Å². The predicted molar refractivity (Wildman–Crippen MR) is 78.9 cm³/mol. The summed E-state index contributed by atoms with van der Waals surface area (Å²) in [6, 6.07) is 2.12. The summed E-state index contributed by atoms with van der Waals surface area (Å²) < 4.78 is 5.86. The molecule has 0 N–H and O–H groups in total. The number of anilines is 1. The van der Waals surface area contributed by atoms with Crippen LogP contribution in [0.25, 0.3) is 0 Å². The van der Waals surface area contributed by atoms with Crippen LogP contribution >= 0.6 is 0 Å². The number of morpholine rings is 1. The SMILES string of the molecule is CN(CC1CC1)CC1CN(c2nccnc2C#N)CCO1. The Morgan fingerprint density at radius 3 is 2.95 bits per heavy atom. The molecule has 2 heterocycles. The largest absolute Gasteiger partial charge is 0.373 e. The summed E-state index contributed by atoms with van der Waals surface area (Å²) in [5.74, 6) is 1.57. The summed E-state index contributed by atoms with van der Waals surface area (Å²) in [5.41, 5.74) is 0.393. The van der Waals surface area contributed by atoms with Gasteiger partial charge in [-0.05, 0) is 25.8 Å². The molecular weight excluding hydrogens is 266 g/mol. The van der Waals surface area contributed by atoms with Crippen molar-refractivity contribution in [3.05, 3.63) is 18.1 Å². The Hall–Kier alpha value is -1.71. The Balaban J connectivity index is 1.61. The first-order chi connectivity index (χ1) is 10.3. The molecule has 6 nitrogen and oxygen atoms in total. The van der Waals surface area contributed by atoms with Crippen LogP contribution < -0.4 is 4.90 Å². The number of hydrogen-bond donors (Lipinski definition) is 0. The molecule has 1 saturated carbocycles. The number of ether oxygens (including phenoxy) is 1. The van der Waals surface area contributed by atoms with Gasteiger partial charge in [0.25, 0.3) is 0 Å². The Morgan fingerprint density at radius 1 is 1.38 bits per heavy atom. The van der Waals surface area contributed by atoms with Gasteiger partial charge >= 0.3 is 0 Å². The van der Waals surface area contributed by atoms with Crippen molar-refractivity contribution in [1.29, 1.82) is 5.26 Å². The molecule has 1 saturated heterocycles. The lowest BCUT2D eigenvalue weighted by molar-refractivity contribution is 0.0196. The van der Waals surface area contributed by atoms with Crippen LogP contribution in [0.3, 0.4) is 0 Å². The highest BCUT2D eigenvalue weighted by Gasteiger charge is 2.27. The molecule has 2 aliphatic rings. The van der Waals surface area contributed by atoms with Crippen LogP contribution in [0.4, 0.5) is 5.82 Å². The minimum atomic E-state index is 0.163. The van der Waals surface area contributed by atoms with Crippen molar-refractivity contribution in [3.8, 4) is 6.07 Å². The summed E-state index contributed by atoms with van der Waals surface area (Å²) in [6.45, 7) is 4.28. The molecule has 0 bridgehead atoms. The lowest BCUT2D eigenvalue weighted by Gasteiger charge is -2.35. The molecule has 1 aliphatic carbocycles. The molecule has 112 valence electrons. The van der Waals surface area contributed by atoms with E-state index >= 15 is 0 Å². The Morgan fingerprint density at radius 2 is 2.19 bits per heavy atom. The highest BCUT2D eigenvalue weighted by atomic mass is 16.5. The topological polar surface area (TPSA) is 65.3 Å². The molecule has 1 atom stereocenters. The minimum absolute atomic E-state index is 0.163. The van der Waals surface area contributed by atoms with E-state index in [1.807, 2.05) is 0 Å². The summed E-state index contributed by atoms with van der Waals surface area (Å²) in [6.07, 6.45) is 6.10. The van der Waals surface area contributed by atoms with Gasteiger partial charge in [0, 0.05) is 38.6 Å². The molecule has 0 radical (unpaired) electrons. The molecule has 0 aromatic carbocycles. The number of aromatic nitrogens is 2. The third-order valence-electron chi connectivity index (χ3n) is 4.01. The maximum Gasteiger partial charge on any atom is 0.183 e. The average molecular weight is 287 g/mol. The van der Waals surface area contributed by atoms with Gasteiger partial charge in [-0.25, -0.2) is 9.97 Å². The van der Waals surface area contributed by atoms with E-state index < -0.39 is 0 Å². The van der Waals surface area contributed by atoms with Gasteiger partial charge in [-0.1, -0.05) is 0 Å². The first kappa shape index (κ1) is 14.2. The van der Waals surface area contributed by atoms with Gasteiger partial charge in [-0.3, -0.25) is 0 Å². The summed E-state index contributed by atoms with van der Waals surface area (Å²) in [5, 5.41) is 9.15. The van der Waals surface area contributed by atoms with E-state index in [9.17, 15) is 0 Å². The quantitative estimate of drug-likeness (QED) is 0.801. The van der Waals surface area contributed by atoms with E-state index in [0.717, 1.165) is 32.1 Å². The van der Waals surface area contributed by atoms with Gasteiger partial charge in [0.2, 0.25) is 0 Å². The van der Waals surface area contributed by atoms with E-state index in [1.54, 1.807) is 12.4 Å². The molecule has 0 spiro atoms. The first-order valence-electron chi connectivity index (χ1n) is 7.52.